The molecule has 0 fully saturated rings. The van der Waals surface area contributed by atoms with Gasteiger partial charge < -0.3 is 15.7 Å². The first-order valence-corrected chi connectivity index (χ1v) is 5.84. The first kappa shape index (κ1) is 23.4. The second-order valence-corrected chi connectivity index (χ2v) is 3.94. The van der Waals surface area contributed by atoms with Gasteiger partial charge in [0.1, 0.15) is 6.04 Å². The quantitative estimate of drug-likeness (QED) is 0.440. The van der Waals surface area contributed by atoms with Crippen LogP contribution in [-0.4, -0.2) is 42.4 Å². The minimum Gasteiger partial charge on any atom is -0.480 e. The molecule has 0 bridgehead atoms. The fourth-order valence-electron chi connectivity index (χ4n) is 1.32. The van der Waals surface area contributed by atoms with Gasteiger partial charge in [-0.05, 0) is 45.9 Å². The van der Waals surface area contributed by atoms with E-state index in [0.29, 0.717) is 12.8 Å². The molecule has 20 heavy (non-hydrogen) atoms. The number of allylic oxidation sites excluding steroid dienone is 1. The first-order chi connectivity index (χ1) is 8.47. The highest BCUT2D eigenvalue weighted by Gasteiger charge is 2.17. The zero-order chi connectivity index (χ0) is 14.0. The van der Waals surface area contributed by atoms with Crippen LogP contribution < -0.4 is 10.6 Å². The molecule has 0 aromatic heterocycles. The van der Waals surface area contributed by atoms with Crippen molar-refractivity contribution >= 4 is 17.7 Å². The summed E-state index contributed by atoms with van der Waals surface area (Å²) in [4.78, 5) is 32.9. The number of hydrogen-bond donors (Lipinski definition) is 3. The molecule has 0 radical (unpaired) electrons. The van der Waals surface area contributed by atoms with E-state index in [-0.39, 0.29) is 20.6 Å². The number of ketones is 1. The smallest absolute Gasteiger partial charge is 0.326 e. The fourth-order valence-corrected chi connectivity index (χ4v) is 1.32. The molecule has 1 amide bonds. The number of carbonyl (C=O) groups excluding carboxylic acids is 2. The van der Waals surface area contributed by atoms with Gasteiger partial charge in [0.15, 0.2) is 5.78 Å². The Balaban J connectivity index is -0.00000144. The third-order valence-corrected chi connectivity index (χ3v) is 2.25. The Morgan fingerprint density at radius 1 is 1.15 bits per heavy atom. The Kier molecular flexibility index (Phi) is 16.1. The third kappa shape index (κ3) is 12.8. The molecule has 0 heterocycles. The molecule has 0 aliphatic heterocycles. The summed E-state index contributed by atoms with van der Waals surface area (Å²) in [6, 6.07) is -0.911. The molecular formula is C14H28N2O4. The Labute approximate surface area is 121 Å². The van der Waals surface area contributed by atoms with Crippen molar-refractivity contribution in [3.8, 4) is 0 Å². The fraction of sp³-hybridized carbons (Fsp3) is 0.643. The van der Waals surface area contributed by atoms with Crippen LogP contribution in [0.1, 0.15) is 41.0 Å². The van der Waals surface area contributed by atoms with Gasteiger partial charge in [0.05, 0.1) is 0 Å². The number of aliphatic carboxylic acids is 1. The van der Waals surface area contributed by atoms with Crippen molar-refractivity contribution in [1.29, 1.82) is 0 Å². The number of rotatable bonds is 9. The summed E-state index contributed by atoms with van der Waals surface area (Å²) in [5.74, 6) is -1.89. The van der Waals surface area contributed by atoms with Gasteiger partial charge in [-0.15, -0.1) is 0 Å². The predicted octanol–water partition coefficient (Wildman–Crippen LogP) is 1.36. The minimum atomic E-state index is -1.07. The second-order valence-electron chi connectivity index (χ2n) is 3.94. The van der Waals surface area contributed by atoms with Crippen molar-refractivity contribution in [2.75, 3.05) is 13.6 Å². The molecular weight excluding hydrogens is 260 g/mol. The summed E-state index contributed by atoms with van der Waals surface area (Å²) in [5, 5.41) is 14.2. The van der Waals surface area contributed by atoms with Gasteiger partial charge in [0.2, 0.25) is 5.91 Å². The van der Waals surface area contributed by atoms with E-state index >= 15 is 0 Å². The second kappa shape index (κ2) is 13.7. The molecule has 0 aliphatic rings. The highest BCUT2D eigenvalue weighted by molar-refractivity contribution is 5.97. The standard InChI is InChI=1S/C12H20N2O4.2CH4/c1-9(15)6-7-11(16)14-10(12(17)18)5-3-4-8-13-2;;/h6-7,10,13H,3-5,8H2,1-2H3,(H,14,16)(H,17,18);2*1H4/b7-6+;;/t10-;;/m0../s1. The number of nitrogens with one attached hydrogen (secondary N) is 2. The van der Waals surface area contributed by atoms with Gasteiger partial charge in [-0.25, -0.2) is 4.79 Å². The van der Waals surface area contributed by atoms with E-state index in [2.05, 4.69) is 10.6 Å². The molecule has 6 heteroatoms. The molecule has 0 aliphatic carbocycles. The maximum Gasteiger partial charge on any atom is 0.326 e. The van der Waals surface area contributed by atoms with E-state index in [9.17, 15) is 14.4 Å². The molecule has 3 N–H and O–H groups in total. The lowest BCUT2D eigenvalue weighted by Crippen LogP contribution is -2.40. The predicted molar refractivity (Wildman–Crippen MR) is 80.6 cm³/mol. The van der Waals surface area contributed by atoms with E-state index in [4.69, 9.17) is 5.11 Å². The van der Waals surface area contributed by atoms with Crippen LogP contribution in [0.3, 0.4) is 0 Å². The van der Waals surface area contributed by atoms with Crippen molar-refractivity contribution in [2.45, 2.75) is 47.1 Å². The average molecular weight is 288 g/mol. The lowest BCUT2D eigenvalue weighted by molar-refractivity contribution is -0.141. The van der Waals surface area contributed by atoms with Crippen LogP contribution in [-0.2, 0) is 14.4 Å². The molecule has 0 saturated carbocycles. The number of carboxylic acids is 1. The largest absolute Gasteiger partial charge is 0.480 e. The normalized spacial score (nSPS) is 11.1. The van der Waals surface area contributed by atoms with Gasteiger partial charge in [0, 0.05) is 6.08 Å². The number of hydrogen-bond acceptors (Lipinski definition) is 4. The van der Waals surface area contributed by atoms with Gasteiger partial charge in [-0.2, -0.15) is 0 Å². The SMILES string of the molecule is C.C.CNCCCC[C@H](NC(=O)/C=C/C(C)=O)C(=O)O. The molecule has 0 spiro atoms. The summed E-state index contributed by atoms with van der Waals surface area (Å²) in [6.07, 6.45) is 4.08. The maximum atomic E-state index is 11.3. The van der Waals surface area contributed by atoms with Crippen LogP contribution in [0.2, 0.25) is 0 Å². The van der Waals surface area contributed by atoms with Crippen LogP contribution in [0, 0.1) is 0 Å². The lowest BCUT2D eigenvalue weighted by atomic mass is 10.1. The minimum absolute atomic E-state index is 0. The van der Waals surface area contributed by atoms with Crippen LogP contribution in [0.25, 0.3) is 0 Å². The summed E-state index contributed by atoms with van der Waals surface area (Å²) >= 11 is 0. The molecule has 118 valence electrons. The van der Waals surface area contributed by atoms with E-state index < -0.39 is 17.9 Å². The number of carboxylic acid groups (broad SMARTS) is 1. The molecule has 0 unspecified atom stereocenters. The number of carbonyl (C=O) groups is 3. The topological polar surface area (TPSA) is 95.5 Å². The zero-order valence-corrected chi connectivity index (χ0v) is 10.7. The van der Waals surface area contributed by atoms with Crippen LogP contribution in [0.15, 0.2) is 12.2 Å². The molecule has 1 atom stereocenters. The number of unbranched alkanes of at least 4 members (excludes halogenated alkanes) is 1. The van der Waals surface area contributed by atoms with Crippen molar-refractivity contribution in [3.05, 3.63) is 12.2 Å². The van der Waals surface area contributed by atoms with Crippen molar-refractivity contribution in [1.82, 2.24) is 10.6 Å². The van der Waals surface area contributed by atoms with Gasteiger partial charge >= 0.3 is 5.97 Å². The van der Waals surface area contributed by atoms with E-state index in [0.717, 1.165) is 25.1 Å². The molecule has 0 saturated heterocycles. The van der Waals surface area contributed by atoms with Gasteiger partial charge in [-0.3, -0.25) is 9.59 Å². The molecule has 0 aromatic carbocycles. The summed E-state index contributed by atoms with van der Waals surface area (Å²) < 4.78 is 0. The zero-order valence-electron chi connectivity index (χ0n) is 10.7. The number of amides is 1. The Morgan fingerprint density at radius 3 is 2.20 bits per heavy atom. The molecule has 6 nitrogen and oxygen atoms in total. The summed E-state index contributed by atoms with van der Waals surface area (Å²) in [6.45, 7) is 2.13. The average Bonchev–Trinajstić information content (AvgIpc) is 2.30. The highest BCUT2D eigenvalue weighted by atomic mass is 16.4. The molecule has 0 aromatic rings. The van der Waals surface area contributed by atoms with Crippen LogP contribution in [0.5, 0.6) is 0 Å². The Bertz CT molecular complexity index is 327. The van der Waals surface area contributed by atoms with E-state index in [1.165, 1.54) is 6.92 Å². The van der Waals surface area contributed by atoms with Gasteiger partial charge in [0.25, 0.3) is 0 Å². The van der Waals surface area contributed by atoms with Gasteiger partial charge in [-0.1, -0.05) is 14.9 Å². The summed E-state index contributed by atoms with van der Waals surface area (Å²) in [5.41, 5.74) is 0. The van der Waals surface area contributed by atoms with Crippen molar-refractivity contribution < 1.29 is 19.5 Å². The maximum absolute atomic E-state index is 11.3. The highest BCUT2D eigenvalue weighted by Crippen LogP contribution is 2.01. The third-order valence-electron chi connectivity index (χ3n) is 2.25. The first-order valence-electron chi connectivity index (χ1n) is 5.84. The summed E-state index contributed by atoms with van der Waals surface area (Å²) in [7, 11) is 1.82. The van der Waals surface area contributed by atoms with E-state index in [1.807, 2.05) is 7.05 Å². The van der Waals surface area contributed by atoms with E-state index in [1.54, 1.807) is 0 Å². The van der Waals surface area contributed by atoms with Crippen LogP contribution in [0.4, 0.5) is 0 Å². The van der Waals surface area contributed by atoms with Crippen LogP contribution >= 0.6 is 0 Å². The lowest BCUT2D eigenvalue weighted by Gasteiger charge is -2.12. The Morgan fingerprint density at radius 2 is 1.75 bits per heavy atom. The Hall–Kier alpha value is -1.69. The van der Waals surface area contributed by atoms with Crippen molar-refractivity contribution in [2.24, 2.45) is 0 Å². The molecule has 0 rings (SSSR count). The van der Waals surface area contributed by atoms with Crippen molar-refractivity contribution in [3.63, 3.8) is 0 Å². The monoisotopic (exact) mass is 288 g/mol.